The Morgan fingerprint density at radius 3 is 2.38 bits per heavy atom. The first-order valence-corrected chi connectivity index (χ1v) is 9.89. The first-order valence-electron chi connectivity index (χ1n) is 9.89. The Kier molecular flexibility index (Phi) is 3.33. The van der Waals surface area contributed by atoms with Crippen LogP contribution in [0.15, 0.2) is 83.4 Å². The van der Waals surface area contributed by atoms with Crippen LogP contribution in [0.4, 0.5) is 0 Å². The number of furan rings is 1. The van der Waals surface area contributed by atoms with E-state index in [2.05, 4.69) is 91.6 Å². The SMILES string of the molecule is Cc1cnc(-c2cccc3c2oc2cc4c(ccc5ccccc54)cc23)cc1C. The zero-order chi connectivity index (χ0) is 19.5. The van der Waals surface area contributed by atoms with Crippen molar-refractivity contribution in [3.63, 3.8) is 0 Å². The largest absolute Gasteiger partial charge is 0.455 e. The van der Waals surface area contributed by atoms with Crippen molar-refractivity contribution < 1.29 is 4.42 Å². The van der Waals surface area contributed by atoms with Gasteiger partial charge in [-0.2, -0.15) is 0 Å². The summed E-state index contributed by atoms with van der Waals surface area (Å²) >= 11 is 0. The summed E-state index contributed by atoms with van der Waals surface area (Å²) in [7, 11) is 0. The van der Waals surface area contributed by atoms with E-state index in [1.165, 1.54) is 32.7 Å². The van der Waals surface area contributed by atoms with E-state index in [1.54, 1.807) is 0 Å². The second-order valence-electron chi connectivity index (χ2n) is 7.79. The molecule has 2 aromatic heterocycles. The molecule has 0 radical (unpaired) electrons. The van der Waals surface area contributed by atoms with Gasteiger partial charge in [0.15, 0.2) is 0 Å². The van der Waals surface area contributed by atoms with Gasteiger partial charge in [0.1, 0.15) is 11.2 Å². The maximum Gasteiger partial charge on any atom is 0.144 e. The standard InChI is InChI=1S/C27H19NO/c1-16-12-25(28-15-17(16)2)22-9-5-8-21-24-13-19-11-10-18-6-3-4-7-20(18)23(19)14-26(24)29-27(21)22/h3-15H,1-2H3. The molecule has 0 spiro atoms. The van der Waals surface area contributed by atoms with Crippen LogP contribution < -0.4 is 0 Å². The molecule has 0 fully saturated rings. The normalized spacial score (nSPS) is 11.8. The van der Waals surface area contributed by atoms with Crippen molar-refractivity contribution in [3.05, 3.63) is 90.1 Å². The maximum atomic E-state index is 6.43. The number of benzene rings is 4. The highest BCUT2D eigenvalue weighted by Crippen LogP contribution is 2.38. The summed E-state index contributed by atoms with van der Waals surface area (Å²) < 4.78 is 6.43. The molecule has 4 aromatic carbocycles. The van der Waals surface area contributed by atoms with Crippen molar-refractivity contribution in [3.8, 4) is 11.3 Å². The fourth-order valence-corrected chi connectivity index (χ4v) is 4.27. The lowest BCUT2D eigenvalue weighted by Gasteiger charge is -2.05. The van der Waals surface area contributed by atoms with Crippen LogP contribution >= 0.6 is 0 Å². The summed E-state index contributed by atoms with van der Waals surface area (Å²) in [5, 5.41) is 7.23. The molecule has 29 heavy (non-hydrogen) atoms. The molecular formula is C27H19NO. The molecule has 2 heterocycles. The molecule has 0 saturated carbocycles. The molecule has 0 N–H and O–H groups in total. The molecular weight excluding hydrogens is 354 g/mol. The Morgan fingerprint density at radius 2 is 1.48 bits per heavy atom. The van der Waals surface area contributed by atoms with Gasteiger partial charge in [-0.15, -0.1) is 0 Å². The molecule has 2 heteroatoms. The van der Waals surface area contributed by atoms with Crippen LogP contribution in [0.2, 0.25) is 0 Å². The van der Waals surface area contributed by atoms with Gasteiger partial charge in [-0.25, -0.2) is 0 Å². The van der Waals surface area contributed by atoms with Crippen LogP contribution in [0, 0.1) is 13.8 Å². The molecule has 0 aliphatic carbocycles. The molecule has 6 aromatic rings. The van der Waals surface area contributed by atoms with Crippen molar-refractivity contribution in [1.29, 1.82) is 0 Å². The number of nitrogens with zero attached hydrogens (tertiary/aromatic N) is 1. The molecule has 0 amide bonds. The summed E-state index contributed by atoms with van der Waals surface area (Å²) in [5.74, 6) is 0. The summed E-state index contributed by atoms with van der Waals surface area (Å²) in [5.41, 5.74) is 6.24. The number of rotatable bonds is 1. The van der Waals surface area contributed by atoms with Crippen LogP contribution in [0.5, 0.6) is 0 Å². The number of hydrogen-bond donors (Lipinski definition) is 0. The average Bonchev–Trinajstić information content (AvgIpc) is 3.12. The summed E-state index contributed by atoms with van der Waals surface area (Å²) in [6.45, 7) is 4.21. The zero-order valence-corrected chi connectivity index (χ0v) is 16.4. The molecule has 0 aliphatic heterocycles. The Bertz CT molecular complexity index is 1570. The Labute approximate surface area is 168 Å². The third kappa shape index (κ3) is 2.39. The molecule has 0 saturated heterocycles. The minimum absolute atomic E-state index is 0.901. The van der Waals surface area contributed by atoms with E-state index < -0.39 is 0 Å². The number of aromatic nitrogens is 1. The smallest absolute Gasteiger partial charge is 0.144 e. The highest BCUT2D eigenvalue weighted by atomic mass is 16.3. The van der Waals surface area contributed by atoms with Gasteiger partial charge in [-0.1, -0.05) is 48.5 Å². The van der Waals surface area contributed by atoms with E-state index in [0.717, 1.165) is 33.2 Å². The van der Waals surface area contributed by atoms with Crippen LogP contribution in [0.25, 0.3) is 54.7 Å². The van der Waals surface area contributed by atoms with Gasteiger partial charge in [-0.05, 0) is 70.8 Å². The van der Waals surface area contributed by atoms with Crippen molar-refractivity contribution in [2.75, 3.05) is 0 Å². The van der Waals surface area contributed by atoms with Crippen molar-refractivity contribution in [1.82, 2.24) is 4.98 Å². The minimum atomic E-state index is 0.901. The van der Waals surface area contributed by atoms with Gasteiger partial charge in [0.2, 0.25) is 0 Å². The highest BCUT2D eigenvalue weighted by Gasteiger charge is 2.14. The Balaban J connectivity index is 1.69. The molecule has 2 nitrogen and oxygen atoms in total. The third-order valence-electron chi connectivity index (χ3n) is 6.01. The van der Waals surface area contributed by atoms with Gasteiger partial charge >= 0.3 is 0 Å². The fourth-order valence-electron chi connectivity index (χ4n) is 4.27. The molecule has 0 unspecified atom stereocenters. The second-order valence-corrected chi connectivity index (χ2v) is 7.79. The van der Waals surface area contributed by atoms with Crippen LogP contribution in [0.1, 0.15) is 11.1 Å². The molecule has 6 rings (SSSR count). The zero-order valence-electron chi connectivity index (χ0n) is 16.4. The summed E-state index contributed by atoms with van der Waals surface area (Å²) in [4.78, 5) is 4.67. The number of pyridine rings is 1. The van der Waals surface area contributed by atoms with Crippen LogP contribution in [0.3, 0.4) is 0 Å². The topological polar surface area (TPSA) is 26.0 Å². The van der Waals surface area contributed by atoms with Crippen LogP contribution in [-0.2, 0) is 0 Å². The number of hydrogen-bond acceptors (Lipinski definition) is 2. The molecule has 0 bridgehead atoms. The molecule has 138 valence electrons. The molecule has 0 aliphatic rings. The van der Waals surface area contributed by atoms with Gasteiger partial charge in [-0.3, -0.25) is 4.98 Å². The van der Waals surface area contributed by atoms with Gasteiger partial charge in [0.05, 0.1) is 5.69 Å². The van der Waals surface area contributed by atoms with E-state index in [-0.39, 0.29) is 0 Å². The highest BCUT2D eigenvalue weighted by molar-refractivity contribution is 6.17. The lowest BCUT2D eigenvalue weighted by atomic mass is 9.99. The van der Waals surface area contributed by atoms with Crippen molar-refractivity contribution >= 4 is 43.5 Å². The van der Waals surface area contributed by atoms with E-state index in [9.17, 15) is 0 Å². The van der Waals surface area contributed by atoms with Gasteiger partial charge in [0.25, 0.3) is 0 Å². The quantitative estimate of drug-likeness (QED) is 0.278. The monoisotopic (exact) mass is 373 g/mol. The van der Waals surface area contributed by atoms with E-state index in [4.69, 9.17) is 4.42 Å². The van der Waals surface area contributed by atoms with Crippen molar-refractivity contribution in [2.24, 2.45) is 0 Å². The Hall–Kier alpha value is -3.65. The van der Waals surface area contributed by atoms with Gasteiger partial charge in [0, 0.05) is 22.5 Å². The average molecular weight is 373 g/mol. The number of aryl methyl sites for hydroxylation is 2. The molecule has 0 atom stereocenters. The van der Waals surface area contributed by atoms with E-state index in [0.29, 0.717) is 0 Å². The fraction of sp³-hybridized carbons (Fsp3) is 0.0741. The summed E-state index contributed by atoms with van der Waals surface area (Å²) in [6, 6.07) is 25.8. The number of fused-ring (bicyclic) bond motifs is 6. The lowest BCUT2D eigenvalue weighted by molar-refractivity contribution is 0.670. The van der Waals surface area contributed by atoms with E-state index >= 15 is 0 Å². The van der Waals surface area contributed by atoms with E-state index in [1.807, 2.05) is 6.20 Å². The first-order chi connectivity index (χ1) is 14.2. The second kappa shape index (κ2) is 5.92. The minimum Gasteiger partial charge on any atom is -0.455 e. The lowest BCUT2D eigenvalue weighted by Crippen LogP contribution is -1.88. The Morgan fingerprint density at radius 1 is 0.655 bits per heavy atom. The predicted octanol–water partition coefficient (Wildman–Crippen LogP) is 7.57. The van der Waals surface area contributed by atoms with Gasteiger partial charge < -0.3 is 4.42 Å². The first kappa shape index (κ1) is 16.3. The van der Waals surface area contributed by atoms with Crippen LogP contribution in [-0.4, -0.2) is 4.98 Å². The van der Waals surface area contributed by atoms with Crippen molar-refractivity contribution in [2.45, 2.75) is 13.8 Å². The maximum absolute atomic E-state index is 6.43. The predicted molar refractivity (Wildman–Crippen MR) is 121 cm³/mol. The summed E-state index contributed by atoms with van der Waals surface area (Å²) in [6.07, 6.45) is 1.94. The number of para-hydroxylation sites is 1. The third-order valence-corrected chi connectivity index (χ3v) is 6.01.